The number of hydrogen-bond acceptors (Lipinski definition) is 3. The standard InChI is InChI=1S/C13H12FNO2/c14-10-1-2-12-9(4-10)5-13(17-12)11(16)3-8-6-15-7-8/h1-2,4-5,8,15H,3,6-7H2. The van der Waals surface area contributed by atoms with E-state index in [1.54, 1.807) is 12.1 Å². The van der Waals surface area contributed by atoms with Crippen LogP contribution in [-0.4, -0.2) is 18.9 Å². The fourth-order valence-corrected chi connectivity index (χ4v) is 2.01. The lowest BCUT2D eigenvalue weighted by molar-refractivity contribution is 0.0920. The number of nitrogens with one attached hydrogen (secondary N) is 1. The number of furan rings is 1. The Balaban J connectivity index is 1.86. The Hall–Kier alpha value is -1.68. The van der Waals surface area contributed by atoms with Crippen molar-refractivity contribution in [3.63, 3.8) is 0 Å². The number of benzene rings is 1. The number of carbonyl (C=O) groups excluding carboxylic acids is 1. The Morgan fingerprint density at radius 2 is 2.24 bits per heavy atom. The van der Waals surface area contributed by atoms with Crippen molar-refractivity contribution in [1.29, 1.82) is 0 Å². The summed E-state index contributed by atoms with van der Waals surface area (Å²) in [5.74, 6) is 0.415. The first-order valence-corrected chi connectivity index (χ1v) is 5.65. The summed E-state index contributed by atoms with van der Waals surface area (Å²) >= 11 is 0. The molecule has 0 aliphatic carbocycles. The van der Waals surface area contributed by atoms with Crippen molar-refractivity contribution in [2.75, 3.05) is 13.1 Å². The van der Waals surface area contributed by atoms with Gasteiger partial charge in [0.05, 0.1) is 0 Å². The SMILES string of the molecule is O=C(CC1CNC1)c1cc2cc(F)ccc2o1. The number of Topliss-reactive ketones (excluding diaryl/α,β-unsaturated/α-hetero) is 1. The lowest BCUT2D eigenvalue weighted by Gasteiger charge is -2.25. The van der Waals surface area contributed by atoms with E-state index in [2.05, 4.69) is 5.32 Å². The second-order valence-electron chi connectivity index (χ2n) is 4.44. The van der Waals surface area contributed by atoms with Crippen LogP contribution in [0.2, 0.25) is 0 Å². The van der Waals surface area contributed by atoms with Crippen LogP contribution in [0, 0.1) is 11.7 Å². The van der Waals surface area contributed by atoms with Gasteiger partial charge in [-0.05, 0) is 43.3 Å². The molecule has 1 saturated heterocycles. The monoisotopic (exact) mass is 233 g/mol. The third kappa shape index (κ3) is 1.96. The summed E-state index contributed by atoms with van der Waals surface area (Å²) in [6.45, 7) is 1.78. The first-order valence-electron chi connectivity index (χ1n) is 5.65. The summed E-state index contributed by atoms with van der Waals surface area (Å²) in [5, 5.41) is 3.76. The van der Waals surface area contributed by atoms with Gasteiger partial charge in [0.2, 0.25) is 0 Å². The van der Waals surface area contributed by atoms with Gasteiger partial charge < -0.3 is 9.73 Å². The van der Waals surface area contributed by atoms with Gasteiger partial charge in [0.25, 0.3) is 0 Å². The largest absolute Gasteiger partial charge is 0.453 e. The maximum atomic E-state index is 13.0. The molecule has 0 amide bonds. The van der Waals surface area contributed by atoms with Gasteiger partial charge in [-0.1, -0.05) is 0 Å². The Kier molecular flexibility index (Phi) is 2.44. The van der Waals surface area contributed by atoms with Gasteiger partial charge >= 0.3 is 0 Å². The molecule has 0 spiro atoms. The van der Waals surface area contributed by atoms with E-state index >= 15 is 0 Å². The molecule has 1 N–H and O–H groups in total. The Bertz CT molecular complexity index is 572. The van der Waals surface area contributed by atoms with Crippen LogP contribution in [0.25, 0.3) is 11.0 Å². The summed E-state index contributed by atoms with van der Waals surface area (Å²) in [7, 11) is 0. The molecule has 1 fully saturated rings. The molecule has 3 nitrogen and oxygen atoms in total. The van der Waals surface area contributed by atoms with Gasteiger partial charge in [0.1, 0.15) is 11.4 Å². The van der Waals surface area contributed by atoms with E-state index in [-0.39, 0.29) is 11.6 Å². The molecular formula is C13H12FNO2. The Morgan fingerprint density at radius 3 is 2.94 bits per heavy atom. The maximum Gasteiger partial charge on any atom is 0.198 e. The van der Waals surface area contributed by atoms with E-state index in [4.69, 9.17) is 4.42 Å². The minimum Gasteiger partial charge on any atom is -0.453 e. The number of hydrogen-bond donors (Lipinski definition) is 1. The van der Waals surface area contributed by atoms with Crippen molar-refractivity contribution < 1.29 is 13.6 Å². The summed E-state index contributed by atoms with van der Waals surface area (Å²) in [6.07, 6.45) is 0.495. The number of ketones is 1. The van der Waals surface area contributed by atoms with Crippen LogP contribution in [0.1, 0.15) is 17.0 Å². The molecule has 17 heavy (non-hydrogen) atoms. The van der Waals surface area contributed by atoms with Crippen molar-refractivity contribution in [2.45, 2.75) is 6.42 Å². The third-order valence-electron chi connectivity index (χ3n) is 3.09. The van der Waals surface area contributed by atoms with Crippen molar-refractivity contribution in [3.8, 4) is 0 Å². The van der Waals surface area contributed by atoms with E-state index in [0.29, 0.717) is 29.1 Å². The van der Waals surface area contributed by atoms with Crippen molar-refractivity contribution in [2.24, 2.45) is 5.92 Å². The van der Waals surface area contributed by atoms with Crippen molar-refractivity contribution in [1.82, 2.24) is 5.32 Å². The molecule has 4 heteroatoms. The smallest absolute Gasteiger partial charge is 0.198 e. The first kappa shape index (κ1) is 10.5. The molecule has 3 rings (SSSR count). The average molecular weight is 233 g/mol. The van der Waals surface area contributed by atoms with Crippen LogP contribution in [-0.2, 0) is 0 Å². The van der Waals surface area contributed by atoms with Gasteiger partial charge in [-0.3, -0.25) is 4.79 Å². The summed E-state index contributed by atoms with van der Waals surface area (Å²) in [6, 6.07) is 5.87. The molecular weight excluding hydrogens is 221 g/mol. The van der Waals surface area contributed by atoms with Gasteiger partial charge in [-0.25, -0.2) is 4.39 Å². The highest BCUT2D eigenvalue weighted by Crippen LogP contribution is 2.22. The highest BCUT2D eigenvalue weighted by atomic mass is 19.1. The molecule has 0 atom stereocenters. The predicted molar refractivity (Wildman–Crippen MR) is 61.5 cm³/mol. The second kappa shape index (κ2) is 3.96. The van der Waals surface area contributed by atoms with Crippen LogP contribution in [0.15, 0.2) is 28.7 Å². The van der Waals surface area contributed by atoms with Gasteiger partial charge in [0.15, 0.2) is 11.5 Å². The van der Waals surface area contributed by atoms with E-state index in [1.165, 1.54) is 12.1 Å². The highest BCUT2D eigenvalue weighted by Gasteiger charge is 2.22. The number of carbonyl (C=O) groups is 1. The molecule has 1 aliphatic heterocycles. The predicted octanol–water partition coefficient (Wildman–Crippen LogP) is 2.36. The molecule has 0 unspecified atom stereocenters. The lowest BCUT2D eigenvalue weighted by Crippen LogP contribution is -2.42. The zero-order chi connectivity index (χ0) is 11.8. The molecule has 1 aliphatic rings. The van der Waals surface area contributed by atoms with Crippen LogP contribution in [0.4, 0.5) is 4.39 Å². The number of fused-ring (bicyclic) bond motifs is 1. The van der Waals surface area contributed by atoms with Crippen LogP contribution < -0.4 is 5.32 Å². The normalized spacial score (nSPS) is 16.1. The van der Waals surface area contributed by atoms with E-state index < -0.39 is 0 Å². The quantitative estimate of drug-likeness (QED) is 0.827. The van der Waals surface area contributed by atoms with Crippen LogP contribution in [0.5, 0.6) is 0 Å². The van der Waals surface area contributed by atoms with Crippen molar-refractivity contribution >= 4 is 16.8 Å². The molecule has 88 valence electrons. The highest BCUT2D eigenvalue weighted by molar-refractivity contribution is 5.97. The number of rotatable bonds is 3. The van der Waals surface area contributed by atoms with Gasteiger partial charge in [-0.2, -0.15) is 0 Å². The van der Waals surface area contributed by atoms with E-state index in [1.807, 2.05) is 0 Å². The Morgan fingerprint density at radius 1 is 1.41 bits per heavy atom. The minimum absolute atomic E-state index is 0.00638. The topological polar surface area (TPSA) is 42.2 Å². The summed E-state index contributed by atoms with van der Waals surface area (Å²) < 4.78 is 18.4. The van der Waals surface area contributed by atoms with Crippen LogP contribution in [0.3, 0.4) is 0 Å². The van der Waals surface area contributed by atoms with Gasteiger partial charge in [-0.15, -0.1) is 0 Å². The first-order chi connectivity index (χ1) is 8.22. The zero-order valence-corrected chi connectivity index (χ0v) is 9.20. The molecule has 1 aromatic heterocycles. The van der Waals surface area contributed by atoms with Gasteiger partial charge in [0, 0.05) is 11.8 Å². The molecule has 2 heterocycles. The second-order valence-corrected chi connectivity index (χ2v) is 4.44. The van der Waals surface area contributed by atoms with Crippen molar-refractivity contribution in [3.05, 3.63) is 35.8 Å². The fraction of sp³-hybridized carbons (Fsp3) is 0.308. The third-order valence-corrected chi connectivity index (χ3v) is 3.09. The molecule has 0 radical (unpaired) electrons. The molecule has 1 aromatic carbocycles. The summed E-state index contributed by atoms with van der Waals surface area (Å²) in [4.78, 5) is 11.9. The van der Waals surface area contributed by atoms with Crippen LogP contribution >= 0.6 is 0 Å². The zero-order valence-electron chi connectivity index (χ0n) is 9.20. The minimum atomic E-state index is -0.319. The summed E-state index contributed by atoms with van der Waals surface area (Å²) in [5.41, 5.74) is 0.557. The number of halogens is 1. The van der Waals surface area contributed by atoms with E-state index in [9.17, 15) is 9.18 Å². The lowest BCUT2D eigenvalue weighted by atomic mass is 9.96. The Labute approximate surface area is 97.6 Å². The molecule has 0 saturated carbocycles. The van der Waals surface area contributed by atoms with E-state index in [0.717, 1.165) is 13.1 Å². The molecule has 2 aromatic rings. The maximum absolute atomic E-state index is 13.0. The molecule has 0 bridgehead atoms. The fourth-order valence-electron chi connectivity index (χ4n) is 2.01. The average Bonchev–Trinajstić information content (AvgIpc) is 2.65.